The fourth-order valence-electron chi connectivity index (χ4n) is 1.78. The molecular weight excluding hydrogens is 290 g/mol. The number of amides is 1. The first kappa shape index (κ1) is 15.3. The van der Waals surface area contributed by atoms with Gasteiger partial charge in [-0.3, -0.25) is 9.48 Å². The summed E-state index contributed by atoms with van der Waals surface area (Å²) in [7, 11) is 1.83. The molecule has 21 heavy (non-hydrogen) atoms. The molecule has 0 spiro atoms. The van der Waals surface area contributed by atoms with Crippen LogP contribution in [0.1, 0.15) is 29.3 Å². The molecule has 112 valence electrons. The topological polar surface area (TPSA) is 71.8 Å². The number of aryl methyl sites for hydroxylation is 1. The SMILES string of the molecule is CCCNc1ncc(C(=O)NCc2cnn(C)c2)cc1Cl. The minimum absolute atomic E-state index is 0.213. The largest absolute Gasteiger partial charge is 0.369 e. The zero-order chi connectivity index (χ0) is 15.2. The van der Waals surface area contributed by atoms with Gasteiger partial charge in [0.25, 0.3) is 5.91 Å². The van der Waals surface area contributed by atoms with Crippen LogP contribution in [0, 0.1) is 0 Å². The Kier molecular flexibility index (Phi) is 5.16. The van der Waals surface area contributed by atoms with Crippen molar-refractivity contribution in [1.29, 1.82) is 0 Å². The fraction of sp³-hybridized carbons (Fsp3) is 0.357. The summed E-state index contributed by atoms with van der Waals surface area (Å²) in [6.45, 7) is 3.26. The van der Waals surface area contributed by atoms with E-state index in [1.165, 1.54) is 6.20 Å². The highest BCUT2D eigenvalue weighted by Gasteiger charge is 2.10. The number of aromatic nitrogens is 3. The Labute approximate surface area is 128 Å². The number of halogens is 1. The van der Waals surface area contributed by atoms with Crippen LogP contribution in [-0.2, 0) is 13.6 Å². The molecule has 6 nitrogen and oxygen atoms in total. The number of rotatable bonds is 6. The van der Waals surface area contributed by atoms with Crippen LogP contribution in [-0.4, -0.2) is 27.2 Å². The van der Waals surface area contributed by atoms with Crippen molar-refractivity contribution in [3.63, 3.8) is 0 Å². The van der Waals surface area contributed by atoms with Crippen LogP contribution in [0.4, 0.5) is 5.82 Å². The van der Waals surface area contributed by atoms with Gasteiger partial charge in [0.2, 0.25) is 0 Å². The van der Waals surface area contributed by atoms with Crippen molar-refractivity contribution in [3.05, 3.63) is 40.8 Å². The molecular formula is C14H18ClN5O. The minimum atomic E-state index is -0.213. The molecule has 0 saturated carbocycles. The lowest BCUT2D eigenvalue weighted by molar-refractivity contribution is 0.0950. The van der Waals surface area contributed by atoms with Gasteiger partial charge in [-0.15, -0.1) is 0 Å². The Balaban J connectivity index is 1.97. The molecule has 0 fully saturated rings. The molecule has 0 atom stereocenters. The highest BCUT2D eigenvalue weighted by atomic mass is 35.5. The van der Waals surface area contributed by atoms with E-state index in [0.717, 1.165) is 18.5 Å². The van der Waals surface area contributed by atoms with Crippen molar-refractivity contribution in [1.82, 2.24) is 20.1 Å². The number of pyridine rings is 1. The van der Waals surface area contributed by atoms with Crippen molar-refractivity contribution in [2.24, 2.45) is 7.05 Å². The summed E-state index contributed by atoms with van der Waals surface area (Å²) in [5, 5.41) is 10.4. The van der Waals surface area contributed by atoms with Crippen molar-refractivity contribution in [2.75, 3.05) is 11.9 Å². The van der Waals surface area contributed by atoms with Crippen LogP contribution in [0.3, 0.4) is 0 Å². The van der Waals surface area contributed by atoms with Crippen LogP contribution in [0.2, 0.25) is 5.02 Å². The molecule has 0 aromatic carbocycles. The number of anilines is 1. The molecule has 0 unspecified atom stereocenters. The van der Waals surface area contributed by atoms with Crippen LogP contribution in [0.15, 0.2) is 24.7 Å². The van der Waals surface area contributed by atoms with Gasteiger partial charge < -0.3 is 10.6 Å². The first-order valence-corrected chi connectivity index (χ1v) is 7.13. The first-order chi connectivity index (χ1) is 10.1. The van der Waals surface area contributed by atoms with Gasteiger partial charge in [0.05, 0.1) is 16.8 Å². The van der Waals surface area contributed by atoms with Gasteiger partial charge in [-0.1, -0.05) is 18.5 Å². The predicted octanol–water partition coefficient (Wildman–Crippen LogP) is 2.22. The third-order valence-electron chi connectivity index (χ3n) is 2.86. The molecule has 0 aliphatic heterocycles. The summed E-state index contributed by atoms with van der Waals surface area (Å²) in [4.78, 5) is 16.2. The number of hydrogen-bond acceptors (Lipinski definition) is 4. The van der Waals surface area contributed by atoms with Crippen molar-refractivity contribution >= 4 is 23.3 Å². The molecule has 2 aromatic heterocycles. The second-order valence-corrected chi connectivity index (χ2v) is 5.09. The van der Waals surface area contributed by atoms with E-state index in [9.17, 15) is 4.79 Å². The average Bonchev–Trinajstić information content (AvgIpc) is 2.89. The lowest BCUT2D eigenvalue weighted by atomic mass is 10.2. The molecule has 2 aromatic rings. The molecule has 7 heteroatoms. The second kappa shape index (κ2) is 7.08. The number of carbonyl (C=O) groups is 1. The first-order valence-electron chi connectivity index (χ1n) is 6.75. The van der Waals surface area contributed by atoms with Crippen molar-refractivity contribution < 1.29 is 4.79 Å². The molecule has 2 N–H and O–H groups in total. The molecule has 2 rings (SSSR count). The van der Waals surface area contributed by atoms with E-state index in [4.69, 9.17) is 11.6 Å². The Bertz CT molecular complexity index is 626. The third-order valence-corrected chi connectivity index (χ3v) is 3.15. The van der Waals surface area contributed by atoms with E-state index < -0.39 is 0 Å². The van der Waals surface area contributed by atoms with Gasteiger partial charge in [-0.05, 0) is 12.5 Å². The van der Waals surface area contributed by atoms with Gasteiger partial charge in [-0.25, -0.2) is 4.98 Å². The van der Waals surface area contributed by atoms with E-state index in [2.05, 4.69) is 27.6 Å². The zero-order valence-corrected chi connectivity index (χ0v) is 12.8. The number of nitrogens with zero attached hydrogens (tertiary/aromatic N) is 3. The molecule has 0 radical (unpaired) electrons. The number of carbonyl (C=O) groups excluding carboxylic acids is 1. The normalized spacial score (nSPS) is 10.4. The van der Waals surface area contributed by atoms with Gasteiger partial charge in [0.1, 0.15) is 5.82 Å². The lowest BCUT2D eigenvalue weighted by Gasteiger charge is -2.08. The van der Waals surface area contributed by atoms with E-state index in [1.54, 1.807) is 16.9 Å². The van der Waals surface area contributed by atoms with E-state index in [0.29, 0.717) is 22.9 Å². The lowest BCUT2D eigenvalue weighted by Crippen LogP contribution is -2.22. The predicted molar refractivity (Wildman–Crippen MR) is 82.4 cm³/mol. The van der Waals surface area contributed by atoms with E-state index in [1.807, 2.05) is 13.2 Å². The van der Waals surface area contributed by atoms with Gasteiger partial charge >= 0.3 is 0 Å². The van der Waals surface area contributed by atoms with Crippen LogP contribution < -0.4 is 10.6 Å². The fourth-order valence-corrected chi connectivity index (χ4v) is 2.02. The Morgan fingerprint density at radius 3 is 2.86 bits per heavy atom. The Morgan fingerprint density at radius 2 is 2.24 bits per heavy atom. The Hall–Kier alpha value is -2.08. The second-order valence-electron chi connectivity index (χ2n) is 4.69. The molecule has 0 aliphatic carbocycles. The summed E-state index contributed by atoms with van der Waals surface area (Å²) in [6.07, 6.45) is 6.06. The Morgan fingerprint density at radius 1 is 1.43 bits per heavy atom. The standard InChI is InChI=1S/C14H18ClN5O/c1-3-4-16-13-12(15)5-11(8-17-13)14(21)18-6-10-7-19-20(2)9-10/h5,7-9H,3-4,6H2,1-2H3,(H,16,17)(H,18,21). The molecule has 1 amide bonds. The van der Waals surface area contributed by atoms with Crippen molar-refractivity contribution in [3.8, 4) is 0 Å². The van der Waals surface area contributed by atoms with Crippen LogP contribution >= 0.6 is 11.6 Å². The summed E-state index contributed by atoms with van der Waals surface area (Å²) < 4.78 is 1.69. The van der Waals surface area contributed by atoms with Crippen molar-refractivity contribution in [2.45, 2.75) is 19.9 Å². The van der Waals surface area contributed by atoms with E-state index >= 15 is 0 Å². The van der Waals surface area contributed by atoms with Gasteiger partial charge in [0, 0.05) is 38.1 Å². The van der Waals surface area contributed by atoms with Gasteiger partial charge in [0.15, 0.2) is 0 Å². The maximum Gasteiger partial charge on any atom is 0.253 e. The third kappa shape index (κ3) is 4.19. The smallest absolute Gasteiger partial charge is 0.253 e. The highest BCUT2D eigenvalue weighted by molar-refractivity contribution is 6.33. The monoisotopic (exact) mass is 307 g/mol. The van der Waals surface area contributed by atoms with Crippen LogP contribution in [0.25, 0.3) is 0 Å². The van der Waals surface area contributed by atoms with Gasteiger partial charge in [-0.2, -0.15) is 5.10 Å². The molecule has 0 bridgehead atoms. The van der Waals surface area contributed by atoms with Crippen LogP contribution in [0.5, 0.6) is 0 Å². The molecule has 0 aliphatic rings. The number of nitrogens with one attached hydrogen (secondary N) is 2. The molecule has 0 saturated heterocycles. The maximum atomic E-state index is 12.0. The summed E-state index contributed by atoms with van der Waals surface area (Å²) >= 11 is 6.11. The summed E-state index contributed by atoms with van der Waals surface area (Å²) in [5.74, 6) is 0.387. The number of hydrogen-bond donors (Lipinski definition) is 2. The highest BCUT2D eigenvalue weighted by Crippen LogP contribution is 2.20. The minimum Gasteiger partial charge on any atom is -0.369 e. The summed E-state index contributed by atoms with van der Waals surface area (Å²) in [6, 6.07) is 1.62. The quantitative estimate of drug-likeness (QED) is 0.858. The summed E-state index contributed by atoms with van der Waals surface area (Å²) in [5.41, 5.74) is 1.37. The van der Waals surface area contributed by atoms with E-state index in [-0.39, 0.29) is 5.91 Å². The molecule has 2 heterocycles. The zero-order valence-electron chi connectivity index (χ0n) is 12.1. The maximum absolute atomic E-state index is 12.0. The average molecular weight is 308 g/mol.